The maximum atomic E-state index is 15.0. The summed E-state index contributed by atoms with van der Waals surface area (Å²) in [7, 11) is 0. The summed E-state index contributed by atoms with van der Waals surface area (Å²) in [6.45, 7) is 0.314. The third-order valence-corrected chi connectivity index (χ3v) is 13.4. The van der Waals surface area contributed by atoms with E-state index in [4.69, 9.17) is 40.1 Å². The molecule has 4 rings (SSSR count). The van der Waals surface area contributed by atoms with Crippen LogP contribution in [-0.2, 0) is 46.5 Å². The number of aliphatic imine (C=N–C) groups is 3. The molecule has 6 amide bonds. The van der Waals surface area contributed by atoms with Crippen LogP contribution in [-0.4, -0.2) is 154 Å². The summed E-state index contributed by atoms with van der Waals surface area (Å²) in [5.41, 5.74) is 40.0. The van der Waals surface area contributed by atoms with E-state index in [1.54, 1.807) is 4.90 Å². The third-order valence-electron chi connectivity index (χ3n) is 13.4. The minimum Gasteiger partial charge on any atom is -0.480 e. The summed E-state index contributed by atoms with van der Waals surface area (Å²) in [6.07, 6.45) is 7.71. The van der Waals surface area contributed by atoms with Crippen molar-refractivity contribution < 1.29 is 43.8 Å². The molecule has 20 N–H and O–H groups in total. The van der Waals surface area contributed by atoms with Crippen molar-refractivity contribution in [1.29, 1.82) is 0 Å². The molecule has 2 aliphatic heterocycles. The summed E-state index contributed by atoms with van der Waals surface area (Å²) in [4.78, 5) is 110. The van der Waals surface area contributed by atoms with E-state index >= 15 is 4.79 Å². The SMILES string of the molecule is NC(N)=NCCCC(N)C(=O)NC(CCCN=C(N)N)C(=O)NCCCCCCC(=O)NC(CO)C(=O)N1Cc2ccccc2CC1C(=O)N1C(C(=O)NC(CCCN=C(N)N)C(=O)O)CC2CCCCC21. The number of hydrogen-bond donors (Lipinski definition) is 13. The molecule has 0 bridgehead atoms. The van der Waals surface area contributed by atoms with Crippen molar-refractivity contribution in [2.75, 3.05) is 32.8 Å². The first-order chi connectivity index (χ1) is 34.4. The Balaban J connectivity index is 1.34. The molecule has 3 aliphatic rings. The molecule has 2 heterocycles. The lowest BCUT2D eigenvalue weighted by atomic mass is 9.84. The number of rotatable bonds is 29. The number of aliphatic carboxylic acids is 1. The van der Waals surface area contributed by atoms with E-state index in [1.807, 2.05) is 24.3 Å². The molecular formula is C47H78N16O9. The van der Waals surface area contributed by atoms with E-state index in [9.17, 15) is 39.0 Å². The van der Waals surface area contributed by atoms with Crippen LogP contribution in [0, 0.1) is 5.92 Å². The lowest BCUT2D eigenvalue weighted by Gasteiger charge is -2.42. The number of benzene rings is 1. The van der Waals surface area contributed by atoms with Gasteiger partial charge in [0, 0.05) is 51.6 Å². The summed E-state index contributed by atoms with van der Waals surface area (Å²) >= 11 is 0. The van der Waals surface area contributed by atoms with Crippen LogP contribution in [0.4, 0.5) is 0 Å². The number of carbonyl (C=O) groups is 7. The highest BCUT2D eigenvalue weighted by Crippen LogP contribution is 2.41. The van der Waals surface area contributed by atoms with Crippen LogP contribution in [0.15, 0.2) is 39.2 Å². The molecule has 0 spiro atoms. The summed E-state index contributed by atoms with van der Waals surface area (Å²) in [5.74, 6) is -4.60. The molecule has 1 aliphatic carbocycles. The highest BCUT2D eigenvalue weighted by Gasteiger charge is 2.51. The molecule has 25 heteroatoms. The van der Waals surface area contributed by atoms with Crippen LogP contribution in [0.3, 0.4) is 0 Å². The zero-order valence-electron chi connectivity index (χ0n) is 41.2. The second-order valence-corrected chi connectivity index (χ2v) is 18.7. The van der Waals surface area contributed by atoms with Crippen molar-refractivity contribution in [2.24, 2.45) is 61.0 Å². The average Bonchev–Trinajstić information content (AvgIpc) is 3.74. The Morgan fingerprint density at radius 3 is 1.90 bits per heavy atom. The minimum atomic E-state index is -1.36. The van der Waals surface area contributed by atoms with Gasteiger partial charge in [0.1, 0.15) is 30.2 Å². The zero-order valence-corrected chi connectivity index (χ0v) is 41.2. The summed E-state index contributed by atoms with van der Waals surface area (Å²) in [5, 5.41) is 31.4. The molecule has 1 saturated carbocycles. The first-order valence-electron chi connectivity index (χ1n) is 25.0. The van der Waals surface area contributed by atoms with E-state index in [1.165, 1.54) is 4.90 Å². The first-order valence-corrected chi connectivity index (χ1v) is 25.0. The number of carbonyl (C=O) groups excluding carboxylic acids is 6. The van der Waals surface area contributed by atoms with Gasteiger partial charge in [-0.25, -0.2) is 4.79 Å². The van der Waals surface area contributed by atoms with E-state index in [0.717, 1.165) is 30.4 Å². The number of fused-ring (bicyclic) bond motifs is 2. The fourth-order valence-electron chi connectivity index (χ4n) is 9.64. The fourth-order valence-corrected chi connectivity index (χ4v) is 9.64. The van der Waals surface area contributed by atoms with Crippen molar-refractivity contribution in [2.45, 2.75) is 158 Å². The van der Waals surface area contributed by atoms with Crippen molar-refractivity contribution in [3.63, 3.8) is 0 Å². The van der Waals surface area contributed by atoms with Crippen LogP contribution < -0.4 is 61.4 Å². The number of amides is 6. The molecule has 1 aromatic rings. The third kappa shape index (κ3) is 18.1. The monoisotopic (exact) mass is 1010 g/mol. The Kier molecular flexibility index (Phi) is 23.7. The van der Waals surface area contributed by atoms with Gasteiger partial charge in [0.15, 0.2) is 17.9 Å². The first kappa shape index (κ1) is 57.8. The molecule has 72 heavy (non-hydrogen) atoms. The van der Waals surface area contributed by atoms with Gasteiger partial charge in [-0.3, -0.25) is 43.7 Å². The Morgan fingerprint density at radius 2 is 1.28 bits per heavy atom. The van der Waals surface area contributed by atoms with Crippen LogP contribution in [0.25, 0.3) is 0 Å². The van der Waals surface area contributed by atoms with Gasteiger partial charge < -0.3 is 81.4 Å². The van der Waals surface area contributed by atoms with E-state index in [2.05, 4.69) is 36.2 Å². The molecule has 0 radical (unpaired) electrons. The number of aliphatic hydroxyl groups is 1. The average molecular weight is 1010 g/mol. The van der Waals surface area contributed by atoms with Gasteiger partial charge in [-0.05, 0) is 87.7 Å². The van der Waals surface area contributed by atoms with E-state index in [-0.39, 0.29) is 81.6 Å². The largest absolute Gasteiger partial charge is 0.480 e. The minimum absolute atomic E-state index is 0.00234. The Labute approximate surface area is 420 Å². The molecule has 0 aromatic heterocycles. The topological polar surface area (TPSA) is 434 Å². The number of hydrogen-bond acceptors (Lipinski definition) is 12. The number of unbranched alkanes of at least 4 members (excludes halogenated alkanes) is 3. The fraction of sp³-hybridized carbons (Fsp3) is 0.660. The van der Waals surface area contributed by atoms with Gasteiger partial charge >= 0.3 is 5.97 Å². The van der Waals surface area contributed by atoms with Crippen molar-refractivity contribution in [1.82, 2.24) is 31.1 Å². The molecular weight excluding hydrogens is 933 g/mol. The Bertz CT molecular complexity index is 2090. The van der Waals surface area contributed by atoms with E-state index in [0.29, 0.717) is 70.9 Å². The van der Waals surface area contributed by atoms with Crippen molar-refractivity contribution in [3.8, 4) is 0 Å². The molecule has 25 nitrogen and oxygen atoms in total. The Hall–Kier alpha value is -6.76. The molecule has 1 aromatic carbocycles. The van der Waals surface area contributed by atoms with Gasteiger partial charge in [0.05, 0.1) is 12.6 Å². The zero-order chi connectivity index (χ0) is 52.7. The van der Waals surface area contributed by atoms with Crippen LogP contribution in [0.2, 0.25) is 0 Å². The molecule has 8 atom stereocenters. The van der Waals surface area contributed by atoms with Crippen LogP contribution in [0.1, 0.15) is 114 Å². The van der Waals surface area contributed by atoms with Gasteiger partial charge in [0.25, 0.3) is 0 Å². The van der Waals surface area contributed by atoms with Crippen molar-refractivity contribution >= 4 is 59.3 Å². The van der Waals surface area contributed by atoms with Gasteiger partial charge in [-0.15, -0.1) is 0 Å². The standard InChI is InChI=1S/C47H78N16O9/c48-31(15-9-21-56-45(49)50)39(66)60-32(16-10-22-57-46(51)52)40(67)55-20-8-2-1-3-19-38(65)59-34(27-64)42(69)62-26-30-14-5-4-12-28(30)24-37(62)43(70)63-35-18-7-6-13-29(35)25-36(63)41(68)61-33(44(71)72)17-11-23-58-47(53)54/h4-5,12,14,29,31-37,64H,1-3,6-11,13,15-27,48H2,(H,55,67)(H,59,65)(H,60,66)(H,61,68)(H,71,72)(H4,49,50,56)(H4,51,52,57)(H4,53,54,58). The molecule has 8 unspecified atom stereocenters. The Morgan fingerprint density at radius 1 is 0.681 bits per heavy atom. The lowest BCUT2D eigenvalue weighted by Crippen LogP contribution is -2.62. The van der Waals surface area contributed by atoms with Gasteiger partial charge in [-0.1, -0.05) is 49.9 Å². The highest BCUT2D eigenvalue weighted by molar-refractivity contribution is 5.96. The number of carboxylic acid groups (broad SMARTS) is 1. The number of nitrogens with two attached hydrogens (primary N) is 7. The maximum Gasteiger partial charge on any atom is 0.326 e. The van der Waals surface area contributed by atoms with E-state index < -0.39 is 84.3 Å². The number of guanidine groups is 3. The smallest absolute Gasteiger partial charge is 0.326 e. The normalized spacial score (nSPS) is 19.7. The second kappa shape index (κ2) is 29.6. The van der Waals surface area contributed by atoms with Crippen LogP contribution >= 0.6 is 0 Å². The number of nitrogens with one attached hydrogen (secondary N) is 4. The molecule has 1 saturated heterocycles. The summed E-state index contributed by atoms with van der Waals surface area (Å²) in [6, 6.07) is 0.640. The lowest BCUT2D eigenvalue weighted by molar-refractivity contribution is -0.153. The van der Waals surface area contributed by atoms with Crippen LogP contribution in [0.5, 0.6) is 0 Å². The van der Waals surface area contributed by atoms with Gasteiger partial charge in [0.2, 0.25) is 35.4 Å². The number of nitrogens with zero attached hydrogens (tertiary/aromatic N) is 5. The predicted octanol–water partition coefficient (Wildman–Crippen LogP) is -2.81. The molecule has 400 valence electrons. The van der Waals surface area contributed by atoms with Gasteiger partial charge in [-0.2, -0.15) is 0 Å². The number of carboxylic acids is 1. The van der Waals surface area contributed by atoms with Crippen molar-refractivity contribution in [3.05, 3.63) is 35.4 Å². The highest BCUT2D eigenvalue weighted by atomic mass is 16.4. The second-order valence-electron chi connectivity index (χ2n) is 18.7. The maximum absolute atomic E-state index is 15.0. The molecule has 2 fully saturated rings. The number of aliphatic hydroxyl groups excluding tert-OH is 1. The number of likely N-dealkylation sites (tertiary alicyclic amines) is 1. The summed E-state index contributed by atoms with van der Waals surface area (Å²) < 4.78 is 0. The predicted molar refractivity (Wildman–Crippen MR) is 270 cm³/mol. The quantitative estimate of drug-likeness (QED) is 0.0219.